The lowest BCUT2D eigenvalue weighted by molar-refractivity contribution is 0.0766. The van der Waals surface area contributed by atoms with E-state index in [2.05, 4.69) is 24.1 Å². The molecule has 0 saturated heterocycles. The predicted octanol–water partition coefficient (Wildman–Crippen LogP) is 6.47. The monoisotopic (exact) mass is 364 g/mol. The molecule has 0 aromatic heterocycles. The summed E-state index contributed by atoms with van der Waals surface area (Å²) in [5.41, 5.74) is 0. The molecule has 152 valence electrons. The zero-order chi connectivity index (χ0) is 18.9. The van der Waals surface area contributed by atoms with Gasteiger partial charge in [-0.2, -0.15) is 0 Å². The smallest absolute Gasteiger partial charge is 0.125 e. The summed E-state index contributed by atoms with van der Waals surface area (Å²) in [5, 5.41) is 9.69. The second kappa shape index (κ2) is 16.4. The number of hydrogen-bond acceptors (Lipinski definition) is 3. The minimum atomic E-state index is -0.396. The zero-order valence-corrected chi connectivity index (χ0v) is 17.6. The van der Waals surface area contributed by atoms with Crippen molar-refractivity contribution >= 4 is 5.84 Å². The van der Waals surface area contributed by atoms with E-state index in [-0.39, 0.29) is 0 Å². The number of rotatable bonds is 17. The van der Waals surface area contributed by atoms with Crippen LogP contribution in [0.3, 0.4) is 0 Å². The molecule has 1 unspecified atom stereocenters. The van der Waals surface area contributed by atoms with Crippen molar-refractivity contribution in [1.82, 2.24) is 4.90 Å². The fourth-order valence-corrected chi connectivity index (χ4v) is 3.67. The fourth-order valence-electron chi connectivity index (χ4n) is 3.67. The number of aliphatic hydroxyl groups is 1. The van der Waals surface area contributed by atoms with Crippen LogP contribution in [0, 0.1) is 0 Å². The van der Waals surface area contributed by atoms with E-state index in [0.29, 0.717) is 0 Å². The van der Waals surface area contributed by atoms with Crippen LogP contribution in [0.4, 0.5) is 0 Å². The molecule has 1 heterocycles. The van der Waals surface area contributed by atoms with Gasteiger partial charge in [0.2, 0.25) is 0 Å². The van der Waals surface area contributed by atoms with Crippen molar-refractivity contribution in [1.29, 1.82) is 0 Å². The minimum Gasteiger partial charge on any atom is -0.374 e. The fraction of sp³-hybridized carbons (Fsp3) is 0.870. The number of aliphatic imine (C=N–C) groups is 1. The summed E-state index contributed by atoms with van der Waals surface area (Å²) in [4.78, 5) is 6.53. The van der Waals surface area contributed by atoms with Gasteiger partial charge in [-0.05, 0) is 32.6 Å². The average molecular weight is 365 g/mol. The first-order valence-electron chi connectivity index (χ1n) is 11.4. The number of allylic oxidation sites excluding steroid dienone is 2. The van der Waals surface area contributed by atoms with Crippen LogP contribution in [0.15, 0.2) is 17.1 Å². The highest BCUT2D eigenvalue weighted by molar-refractivity contribution is 5.83. The first kappa shape index (κ1) is 23.2. The lowest BCUT2D eigenvalue weighted by Gasteiger charge is -2.23. The Bertz CT molecular complexity index is 376. The van der Waals surface area contributed by atoms with Crippen molar-refractivity contribution in [3.05, 3.63) is 12.2 Å². The Morgan fingerprint density at radius 2 is 1.42 bits per heavy atom. The van der Waals surface area contributed by atoms with E-state index < -0.39 is 6.23 Å². The number of amidine groups is 1. The van der Waals surface area contributed by atoms with Crippen LogP contribution in [0.25, 0.3) is 0 Å². The molecule has 0 fully saturated rings. The van der Waals surface area contributed by atoms with Crippen molar-refractivity contribution in [2.24, 2.45) is 4.99 Å². The Hall–Kier alpha value is -0.830. The van der Waals surface area contributed by atoms with Crippen LogP contribution < -0.4 is 0 Å². The molecule has 0 radical (unpaired) electrons. The van der Waals surface area contributed by atoms with Crippen molar-refractivity contribution in [2.75, 3.05) is 13.1 Å². The molecular weight excluding hydrogens is 320 g/mol. The van der Waals surface area contributed by atoms with Crippen LogP contribution >= 0.6 is 0 Å². The van der Waals surface area contributed by atoms with E-state index in [1.165, 1.54) is 77.0 Å². The predicted molar refractivity (Wildman–Crippen MR) is 115 cm³/mol. The van der Waals surface area contributed by atoms with Crippen LogP contribution in [0.1, 0.15) is 110 Å². The lowest BCUT2D eigenvalue weighted by Crippen LogP contribution is -2.35. The molecule has 0 spiro atoms. The van der Waals surface area contributed by atoms with Gasteiger partial charge < -0.3 is 10.0 Å². The van der Waals surface area contributed by atoms with Crippen molar-refractivity contribution in [2.45, 2.75) is 116 Å². The summed E-state index contributed by atoms with van der Waals surface area (Å²) in [6.07, 6.45) is 24.4. The van der Waals surface area contributed by atoms with Crippen molar-refractivity contribution in [3.8, 4) is 0 Å². The quantitative estimate of drug-likeness (QED) is 0.237. The molecule has 0 aromatic carbocycles. The summed E-state index contributed by atoms with van der Waals surface area (Å²) in [6, 6.07) is 0. The number of unbranched alkanes of at least 4 members (excludes halogenated alkanes) is 12. The van der Waals surface area contributed by atoms with Gasteiger partial charge in [-0.25, -0.2) is 0 Å². The molecule has 26 heavy (non-hydrogen) atoms. The van der Waals surface area contributed by atoms with Gasteiger partial charge in [-0.1, -0.05) is 83.3 Å². The molecular formula is C23H44N2O. The zero-order valence-electron chi connectivity index (χ0n) is 17.6. The molecule has 0 aliphatic carbocycles. The first-order chi connectivity index (χ1) is 12.8. The summed E-state index contributed by atoms with van der Waals surface area (Å²) < 4.78 is 0. The van der Waals surface area contributed by atoms with Crippen LogP contribution in [-0.2, 0) is 0 Å². The first-order valence-corrected chi connectivity index (χ1v) is 11.4. The molecule has 0 bridgehead atoms. The molecule has 0 aromatic rings. The van der Waals surface area contributed by atoms with E-state index >= 15 is 0 Å². The van der Waals surface area contributed by atoms with Crippen LogP contribution in [-0.4, -0.2) is 35.2 Å². The van der Waals surface area contributed by atoms with Crippen LogP contribution in [0.2, 0.25) is 0 Å². The van der Waals surface area contributed by atoms with E-state index in [9.17, 15) is 5.11 Å². The molecule has 0 saturated carbocycles. The average Bonchev–Trinajstić information content (AvgIpc) is 3.10. The molecule has 1 aliphatic heterocycles. The van der Waals surface area contributed by atoms with Gasteiger partial charge >= 0.3 is 0 Å². The highest BCUT2D eigenvalue weighted by atomic mass is 16.3. The van der Waals surface area contributed by atoms with Crippen LogP contribution in [0.5, 0.6) is 0 Å². The summed E-state index contributed by atoms with van der Waals surface area (Å²) >= 11 is 0. The Morgan fingerprint density at radius 1 is 0.885 bits per heavy atom. The molecule has 1 atom stereocenters. The second-order valence-electron chi connectivity index (χ2n) is 7.81. The van der Waals surface area contributed by atoms with Gasteiger partial charge in [0.15, 0.2) is 0 Å². The van der Waals surface area contributed by atoms with E-state index in [0.717, 1.165) is 38.2 Å². The maximum Gasteiger partial charge on any atom is 0.125 e. The second-order valence-corrected chi connectivity index (χ2v) is 7.81. The Kier molecular flexibility index (Phi) is 14.6. The van der Waals surface area contributed by atoms with Crippen molar-refractivity contribution in [3.63, 3.8) is 0 Å². The highest BCUT2D eigenvalue weighted by Crippen LogP contribution is 2.13. The Labute approximate surface area is 163 Å². The summed E-state index contributed by atoms with van der Waals surface area (Å²) in [7, 11) is 0. The molecule has 1 N–H and O–H groups in total. The highest BCUT2D eigenvalue weighted by Gasteiger charge is 2.19. The molecule has 1 rings (SSSR count). The minimum absolute atomic E-state index is 0.396. The molecule has 0 amide bonds. The lowest BCUT2D eigenvalue weighted by atomic mass is 10.1. The van der Waals surface area contributed by atoms with Gasteiger partial charge in [0.1, 0.15) is 12.1 Å². The van der Waals surface area contributed by atoms with Gasteiger partial charge in [-0.3, -0.25) is 4.99 Å². The van der Waals surface area contributed by atoms with Gasteiger partial charge in [0.05, 0.1) is 6.54 Å². The largest absolute Gasteiger partial charge is 0.374 e. The topological polar surface area (TPSA) is 35.8 Å². The summed E-state index contributed by atoms with van der Waals surface area (Å²) in [6.45, 7) is 5.83. The normalized spacial score (nSPS) is 15.8. The maximum atomic E-state index is 9.69. The Morgan fingerprint density at radius 3 is 2.00 bits per heavy atom. The van der Waals surface area contributed by atoms with E-state index in [4.69, 9.17) is 0 Å². The third-order valence-corrected chi connectivity index (χ3v) is 5.33. The standard InChI is InChI=1S/C23H44N2O/c1-3-4-5-6-7-8-9-10-11-12-13-14-15-16-17-18-19-23-24-20-21-25(23)22(2)26/h15-16,22,26H,3-14,17-21H2,1-2H3/b16-15+. The van der Waals surface area contributed by atoms with Crippen molar-refractivity contribution < 1.29 is 5.11 Å². The van der Waals surface area contributed by atoms with E-state index in [1.807, 2.05) is 11.8 Å². The van der Waals surface area contributed by atoms with E-state index in [1.54, 1.807) is 0 Å². The van der Waals surface area contributed by atoms with Gasteiger partial charge in [-0.15, -0.1) is 0 Å². The number of aliphatic hydroxyl groups excluding tert-OH is 1. The summed E-state index contributed by atoms with van der Waals surface area (Å²) in [5.74, 6) is 1.10. The molecule has 3 heteroatoms. The maximum absolute atomic E-state index is 9.69. The third kappa shape index (κ3) is 11.7. The molecule has 1 aliphatic rings. The van der Waals surface area contributed by atoms with Gasteiger partial charge in [0.25, 0.3) is 0 Å². The SMILES string of the molecule is CCCCCCCCCCCCC/C=C/CCCC1=NCCN1C(C)O. The van der Waals surface area contributed by atoms with Gasteiger partial charge in [0, 0.05) is 13.0 Å². The third-order valence-electron chi connectivity index (χ3n) is 5.33. The number of nitrogens with zero attached hydrogens (tertiary/aromatic N) is 2. The molecule has 3 nitrogen and oxygen atoms in total. The Balaban J connectivity index is 1.82. The number of hydrogen-bond donors (Lipinski definition) is 1.